The number of halogens is 5. The Morgan fingerprint density at radius 2 is 1.93 bits per heavy atom. The van der Waals surface area contributed by atoms with E-state index in [4.69, 9.17) is 4.74 Å². The summed E-state index contributed by atoms with van der Waals surface area (Å²) in [6.07, 6.45) is -4.60. The maximum absolute atomic E-state index is 12.9. The van der Waals surface area contributed by atoms with Crippen molar-refractivity contribution in [3.05, 3.63) is 28.0 Å². The average Bonchev–Trinajstić information content (AvgIpc) is 2.09. The van der Waals surface area contributed by atoms with Gasteiger partial charge in [-0.05, 0) is 28.9 Å². The molecular formula is C9H7BrF4O. The molecule has 0 spiro atoms. The topological polar surface area (TPSA) is 9.23 Å². The van der Waals surface area contributed by atoms with Gasteiger partial charge in [-0.15, -0.1) is 0 Å². The van der Waals surface area contributed by atoms with Gasteiger partial charge in [-0.2, -0.15) is 13.2 Å². The van der Waals surface area contributed by atoms with Crippen LogP contribution in [0.1, 0.15) is 12.5 Å². The summed E-state index contributed by atoms with van der Waals surface area (Å²) in [5.74, 6) is -1.13. The lowest BCUT2D eigenvalue weighted by atomic mass is 10.2. The highest BCUT2D eigenvalue weighted by atomic mass is 79.9. The van der Waals surface area contributed by atoms with Crippen LogP contribution in [0.4, 0.5) is 17.6 Å². The highest BCUT2D eigenvalue weighted by Crippen LogP contribution is 2.40. The van der Waals surface area contributed by atoms with Crippen LogP contribution >= 0.6 is 15.9 Å². The van der Waals surface area contributed by atoms with E-state index in [1.807, 2.05) is 0 Å². The molecule has 0 aromatic heterocycles. The summed E-state index contributed by atoms with van der Waals surface area (Å²) in [4.78, 5) is 0. The van der Waals surface area contributed by atoms with Crippen LogP contribution in [0.5, 0.6) is 5.75 Å². The Balaban J connectivity index is 3.28. The van der Waals surface area contributed by atoms with Gasteiger partial charge in [0.25, 0.3) is 0 Å². The van der Waals surface area contributed by atoms with Gasteiger partial charge in [0.2, 0.25) is 0 Å². The van der Waals surface area contributed by atoms with Crippen LogP contribution in [-0.4, -0.2) is 6.61 Å². The van der Waals surface area contributed by atoms with Gasteiger partial charge < -0.3 is 4.74 Å². The molecule has 0 aliphatic heterocycles. The molecule has 1 aromatic carbocycles. The lowest BCUT2D eigenvalue weighted by Gasteiger charge is -2.13. The zero-order chi connectivity index (χ0) is 11.6. The van der Waals surface area contributed by atoms with Gasteiger partial charge in [-0.25, -0.2) is 4.39 Å². The van der Waals surface area contributed by atoms with Crippen molar-refractivity contribution in [1.29, 1.82) is 0 Å². The predicted molar refractivity (Wildman–Crippen MR) is 50.3 cm³/mol. The molecule has 0 bridgehead atoms. The normalized spacial score (nSPS) is 11.6. The Kier molecular flexibility index (Phi) is 3.59. The predicted octanol–water partition coefficient (Wildman–Crippen LogP) is 4.01. The van der Waals surface area contributed by atoms with Gasteiger partial charge in [-0.1, -0.05) is 0 Å². The summed E-state index contributed by atoms with van der Waals surface area (Å²) >= 11 is 2.74. The first-order valence-corrected chi connectivity index (χ1v) is 4.84. The lowest BCUT2D eigenvalue weighted by molar-refractivity contribution is -0.138. The van der Waals surface area contributed by atoms with Crippen molar-refractivity contribution < 1.29 is 22.3 Å². The molecular weight excluding hydrogens is 280 g/mol. The smallest absolute Gasteiger partial charge is 0.417 e. The van der Waals surface area contributed by atoms with E-state index in [1.54, 1.807) is 6.92 Å². The summed E-state index contributed by atoms with van der Waals surface area (Å²) in [6.45, 7) is 1.77. The highest BCUT2D eigenvalue weighted by Gasteiger charge is 2.35. The van der Waals surface area contributed by atoms with E-state index in [2.05, 4.69) is 15.9 Å². The first-order chi connectivity index (χ1) is 6.86. The van der Waals surface area contributed by atoms with Gasteiger partial charge in [0, 0.05) is 6.07 Å². The minimum absolute atomic E-state index is 0.148. The zero-order valence-corrected chi connectivity index (χ0v) is 9.25. The van der Waals surface area contributed by atoms with E-state index >= 15 is 0 Å². The van der Waals surface area contributed by atoms with Crippen LogP contribution in [-0.2, 0) is 6.18 Å². The molecule has 0 atom stereocenters. The molecule has 0 fully saturated rings. The molecule has 0 N–H and O–H groups in total. The van der Waals surface area contributed by atoms with Gasteiger partial charge in [0.15, 0.2) is 0 Å². The van der Waals surface area contributed by atoms with E-state index in [0.29, 0.717) is 6.07 Å². The maximum Gasteiger partial charge on any atom is 0.417 e. The van der Waals surface area contributed by atoms with Gasteiger partial charge in [-0.3, -0.25) is 0 Å². The van der Waals surface area contributed by atoms with E-state index < -0.39 is 17.6 Å². The van der Waals surface area contributed by atoms with Crippen molar-refractivity contribution in [1.82, 2.24) is 0 Å². The number of benzene rings is 1. The number of hydrogen-bond acceptors (Lipinski definition) is 1. The Bertz CT molecular complexity index is 362. The highest BCUT2D eigenvalue weighted by molar-refractivity contribution is 9.10. The molecule has 0 aliphatic rings. The Morgan fingerprint density at radius 3 is 2.40 bits per heavy atom. The Morgan fingerprint density at radius 1 is 1.33 bits per heavy atom. The molecule has 0 heterocycles. The molecule has 15 heavy (non-hydrogen) atoms. The fourth-order valence-corrected chi connectivity index (χ4v) is 1.60. The standard InChI is InChI=1S/C9H7BrF4O/c1-2-15-7-4-5(11)3-6(8(7)10)9(12,13)14/h3-4H,2H2,1H3. The van der Waals surface area contributed by atoms with Crippen molar-refractivity contribution in [3.63, 3.8) is 0 Å². The minimum Gasteiger partial charge on any atom is -0.493 e. The molecule has 0 saturated heterocycles. The molecule has 1 nitrogen and oxygen atoms in total. The zero-order valence-electron chi connectivity index (χ0n) is 7.66. The van der Waals surface area contributed by atoms with Crippen LogP contribution < -0.4 is 4.74 Å². The number of alkyl halides is 3. The van der Waals surface area contributed by atoms with Crippen LogP contribution in [0.15, 0.2) is 16.6 Å². The van der Waals surface area contributed by atoms with Crippen molar-refractivity contribution >= 4 is 15.9 Å². The van der Waals surface area contributed by atoms with Crippen LogP contribution in [0.25, 0.3) is 0 Å². The number of ether oxygens (including phenoxy) is 1. The largest absolute Gasteiger partial charge is 0.493 e. The quantitative estimate of drug-likeness (QED) is 0.747. The third-order valence-corrected chi connectivity index (χ3v) is 2.43. The van der Waals surface area contributed by atoms with Crippen LogP contribution in [0.3, 0.4) is 0 Å². The molecule has 1 rings (SSSR count). The second-order valence-electron chi connectivity index (χ2n) is 2.70. The molecule has 6 heteroatoms. The number of hydrogen-bond donors (Lipinski definition) is 0. The number of rotatable bonds is 2. The van der Waals surface area contributed by atoms with E-state index in [-0.39, 0.29) is 16.8 Å². The van der Waals surface area contributed by atoms with Crippen molar-refractivity contribution in [2.75, 3.05) is 6.61 Å². The second kappa shape index (κ2) is 4.38. The van der Waals surface area contributed by atoms with Crippen LogP contribution in [0, 0.1) is 5.82 Å². The third kappa shape index (κ3) is 2.84. The van der Waals surface area contributed by atoms with Gasteiger partial charge >= 0.3 is 6.18 Å². The van der Waals surface area contributed by atoms with Crippen molar-refractivity contribution in [2.45, 2.75) is 13.1 Å². The molecule has 0 radical (unpaired) electrons. The first kappa shape index (κ1) is 12.3. The summed E-state index contributed by atoms with van der Waals surface area (Å²) < 4.78 is 54.6. The lowest BCUT2D eigenvalue weighted by Crippen LogP contribution is -2.08. The maximum atomic E-state index is 12.9. The molecule has 1 aromatic rings. The summed E-state index contributed by atoms with van der Waals surface area (Å²) in [5.41, 5.74) is -1.08. The van der Waals surface area contributed by atoms with E-state index in [0.717, 1.165) is 6.07 Å². The fraction of sp³-hybridized carbons (Fsp3) is 0.333. The molecule has 0 saturated carbocycles. The second-order valence-corrected chi connectivity index (χ2v) is 3.49. The molecule has 0 unspecified atom stereocenters. The fourth-order valence-electron chi connectivity index (χ4n) is 1.03. The Labute approximate surface area is 92.2 Å². The summed E-state index contributed by atoms with van der Waals surface area (Å²) in [5, 5.41) is 0. The summed E-state index contributed by atoms with van der Waals surface area (Å²) in [6, 6.07) is 1.33. The summed E-state index contributed by atoms with van der Waals surface area (Å²) in [7, 11) is 0. The van der Waals surface area contributed by atoms with E-state index in [1.165, 1.54) is 0 Å². The van der Waals surface area contributed by atoms with Crippen LogP contribution in [0.2, 0.25) is 0 Å². The van der Waals surface area contributed by atoms with Crippen molar-refractivity contribution in [2.24, 2.45) is 0 Å². The average molecular weight is 287 g/mol. The molecule has 84 valence electrons. The third-order valence-electron chi connectivity index (χ3n) is 1.61. The SMILES string of the molecule is CCOc1cc(F)cc(C(F)(F)F)c1Br. The minimum atomic E-state index is -4.60. The van der Waals surface area contributed by atoms with Crippen molar-refractivity contribution in [3.8, 4) is 5.75 Å². The van der Waals surface area contributed by atoms with Gasteiger partial charge in [0.05, 0.1) is 16.6 Å². The Hall–Kier alpha value is -0.780. The molecule has 0 amide bonds. The van der Waals surface area contributed by atoms with Gasteiger partial charge in [0.1, 0.15) is 11.6 Å². The molecule has 0 aliphatic carbocycles. The first-order valence-electron chi connectivity index (χ1n) is 4.05. The monoisotopic (exact) mass is 286 g/mol. The van der Waals surface area contributed by atoms with E-state index in [9.17, 15) is 17.6 Å².